The van der Waals surface area contributed by atoms with E-state index in [-0.39, 0.29) is 5.60 Å². The van der Waals surface area contributed by atoms with Gasteiger partial charge in [0.1, 0.15) is 0 Å². The summed E-state index contributed by atoms with van der Waals surface area (Å²) in [5, 5.41) is 0. The SMILES string of the molecule is C=CC1CC2=CC(=O)CC[C@@H]2C2CC[C@@]3(CC)C(C4CC4[C@@]34CCCO4)C12. The molecule has 1 saturated heterocycles. The Labute approximate surface area is 163 Å². The van der Waals surface area contributed by atoms with Gasteiger partial charge in [0.05, 0.1) is 5.60 Å². The molecule has 9 atom stereocenters. The second kappa shape index (κ2) is 5.59. The molecule has 5 aliphatic carbocycles. The van der Waals surface area contributed by atoms with Crippen LogP contribution in [0.15, 0.2) is 24.3 Å². The van der Waals surface area contributed by atoms with Crippen LogP contribution in [0.3, 0.4) is 0 Å². The molecule has 0 aromatic carbocycles. The smallest absolute Gasteiger partial charge is 0.155 e. The fraction of sp³-hybridized carbons (Fsp3) is 0.800. The normalized spacial score (nSPS) is 55.4. The molecule has 27 heavy (non-hydrogen) atoms. The Balaban J connectivity index is 1.44. The second-order valence-electron chi connectivity index (χ2n) is 10.6. The summed E-state index contributed by atoms with van der Waals surface area (Å²) in [6.07, 6.45) is 15.3. The molecule has 0 aromatic rings. The van der Waals surface area contributed by atoms with Gasteiger partial charge in [0, 0.05) is 18.4 Å². The van der Waals surface area contributed by atoms with E-state index in [1.54, 1.807) is 0 Å². The Bertz CT molecular complexity index is 714. The molecule has 1 spiro atoms. The number of ether oxygens (including phenoxy) is 1. The van der Waals surface area contributed by atoms with E-state index in [9.17, 15) is 4.79 Å². The summed E-state index contributed by atoms with van der Waals surface area (Å²) < 4.78 is 6.71. The van der Waals surface area contributed by atoms with Crippen molar-refractivity contribution < 1.29 is 9.53 Å². The van der Waals surface area contributed by atoms with Crippen LogP contribution in [0.5, 0.6) is 0 Å². The van der Waals surface area contributed by atoms with Crippen molar-refractivity contribution in [2.45, 2.75) is 70.3 Å². The van der Waals surface area contributed by atoms with Crippen LogP contribution < -0.4 is 0 Å². The maximum absolute atomic E-state index is 12.1. The maximum atomic E-state index is 12.1. The van der Waals surface area contributed by atoms with Gasteiger partial charge in [-0.25, -0.2) is 0 Å². The molecule has 0 N–H and O–H groups in total. The number of rotatable bonds is 2. The average Bonchev–Trinajstić information content (AvgIpc) is 3.26. The summed E-state index contributed by atoms with van der Waals surface area (Å²) in [5.74, 6) is 5.77. The van der Waals surface area contributed by atoms with Gasteiger partial charge in [0.2, 0.25) is 0 Å². The summed E-state index contributed by atoms with van der Waals surface area (Å²) in [5.41, 5.74) is 2.11. The summed E-state index contributed by atoms with van der Waals surface area (Å²) in [6, 6.07) is 0. The highest BCUT2D eigenvalue weighted by Gasteiger charge is 2.78. The summed E-state index contributed by atoms with van der Waals surface area (Å²) >= 11 is 0. The van der Waals surface area contributed by atoms with Crippen molar-refractivity contribution in [1.29, 1.82) is 0 Å². The van der Waals surface area contributed by atoms with Crippen LogP contribution in [-0.4, -0.2) is 18.0 Å². The van der Waals surface area contributed by atoms with Gasteiger partial charge in [-0.15, -0.1) is 6.58 Å². The van der Waals surface area contributed by atoms with Crippen LogP contribution >= 0.6 is 0 Å². The first-order valence-corrected chi connectivity index (χ1v) is 11.6. The van der Waals surface area contributed by atoms with Crippen molar-refractivity contribution in [2.75, 3.05) is 6.61 Å². The molecule has 5 fully saturated rings. The zero-order valence-electron chi connectivity index (χ0n) is 16.8. The first-order valence-electron chi connectivity index (χ1n) is 11.6. The Morgan fingerprint density at radius 2 is 2.19 bits per heavy atom. The molecule has 0 amide bonds. The lowest BCUT2D eigenvalue weighted by molar-refractivity contribution is -0.163. The van der Waals surface area contributed by atoms with Gasteiger partial charge in [-0.3, -0.25) is 4.79 Å². The number of allylic oxidation sites excluding steroid dienone is 2. The van der Waals surface area contributed by atoms with E-state index in [0.717, 1.165) is 55.5 Å². The van der Waals surface area contributed by atoms with E-state index in [0.29, 0.717) is 23.0 Å². The molecule has 6 unspecified atom stereocenters. The second-order valence-corrected chi connectivity index (χ2v) is 10.6. The standard InChI is InChI=1S/C25H34O2/c1-3-15-12-16-13-17(26)6-7-18(16)19-8-10-24(4-2)23(22(15)19)20-14-21(20)25(24)9-5-11-27-25/h3,13,15,18-23H,1,4-12,14H2,2H3/t15?,18-,19?,20?,21?,22?,23?,24-,25-/m0/s1. The summed E-state index contributed by atoms with van der Waals surface area (Å²) in [4.78, 5) is 12.1. The zero-order chi connectivity index (χ0) is 18.4. The van der Waals surface area contributed by atoms with Crippen LogP contribution in [-0.2, 0) is 9.53 Å². The highest BCUT2D eigenvalue weighted by Crippen LogP contribution is 2.79. The van der Waals surface area contributed by atoms with Crippen molar-refractivity contribution in [1.82, 2.24) is 0 Å². The van der Waals surface area contributed by atoms with Crippen molar-refractivity contribution in [2.24, 2.45) is 46.8 Å². The van der Waals surface area contributed by atoms with Gasteiger partial charge in [0.15, 0.2) is 5.78 Å². The Morgan fingerprint density at radius 1 is 1.30 bits per heavy atom. The number of hydrogen-bond donors (Lipinski definition) is 0. The molecule has 1 aliphatic heterocycles. The van der Waals surface area contributed by atoms with E-state index in [2.05, 4.69) is 19.6 Å². The quantitative estimate of drug-likeness (QED) is 0.617. The third-order valence-electron chi connectivity index (χ3n) is 10.2. The molecule has 2 heteroatoms. The highest BCUT2D eigenvalue weighted by atomic mass is 16.5. The van der Waals surface area contributed by atoms with Crippen LogP contribution in [0.1, 0.15) is 64.7 Å². The Hall–Kier alpha value is -0.890. The van der Waals surface area contributed by atoms with Crippen LogP contribution in [0.4, 0.5) is 0 Å². The monoisotopic (exact) mass is 366 g/mol. The molecule has 6 rings (SSSR count). The number of carbonyl (C=O) groups excluding carboxylic acids is 1. The number of carbonyl (C=O) groups is 1. The van der Waals surface area contributed by atoms with Crippen LogP contribution in [0.25, 0.3) is 0 Å². The van der Waals surface area contributed by atoms with Crippen molar-refractivity contribution in [3.8, 4) is 0 Å². The van der Waals surface area contributed by atoms with Gasteiger partial charge in [-0.05, 0) is 98.9 Å². The third-order valence-corrected chi connectivity index (χ3v) is 10.2. The number of hydrogen-bond acceptors (Lipinski definition) is 2. The molecular formula is C25H34O2. The lowest BCUT2D eigenvalue weighted by Gasteiger charge is -2.60. The molecule has 0 bridgehead atoms. The highest BCUT2D eigenvalue weighted by molar-refractivity contribution is 5.91. The molecule has 0 radical (unpaired) electrons. The molecule has 2 nitrogen and oxygen atoms in total. The van der Waals surface area contributed by atoms with Crippen molar-refractivity contribution in [3.63, 3.8) is 0 Å². The lowest BCUT2D eigenvalue weighted by Crippen LogP contribution is -2.57. The Kier molecular flexibility index (Phi) is 3.52. The van der Waals surface area contributed by atoms with Crippen LogP contribution in [0, 0.1) is 46.8 Å². The van der Waals surface area contributed by atoms with Gasteiger partial charge < -0.3 is 4.74 Å². The van der Waals surface area contributed by atoms with Gasteiger partial charge in [-0.1, -0.05) is 18.6 Å². The molecule has 4 saturated carbocycles. The minimum atomic E-state index is 0.215. The van der Waals surface area contributed by atoms with Gasteiger partial charge in [-0.2, -0.15) is 0 Å². The van der Waals surface area contributed by atoms with E-state index in [4.69, 9.17) is 4.74 Å². The average molecular weight is 367 g/mol. The van der Waals surface area contributed by atoms with Gasteiger partial charge in [0.25, 0.3) is 0 Å². The first-order chi connectivity index (χ1) is 13.1. The van der Waals surface area contributed by atoms with E-state index in [1.807, 2.05) is 6.08 Å². The zero-order valence-corrected chi connectivity index (χ0v) is 16.8. The predicted octanol–water partition coefficient (Wildman–Crippen LogP) is 5.34. The van der Waals surface area contributed by atoms with Crippen LogP contribution in [0.2, 0.25) is 0 Å². The minimum Gasteiger partial charge on any atom is -0.374 e. The molecular weight excluding hydrogens is 332 g/mol. The fourth-order valence-corrected chi connectivity index (χ4v) is 9.45. The Morgan fingerprint density at radius 3 is 2.93 bits per heavy atom. The van der Waals surface area contributed by atoms with E-state index >= 15 is 0 Å². The summed E-state index contributed by atoms with van der Waals surface area (Å²) in [7, 11) is 0. The molecule has 0 aromatic heterocycles. The van der Waals surface area contributed by atoms with Crippen molar-refractivity contribution in [3.05, 3.63) is 24.3 Å². The fourth-order valence-electron chi connectivity index (χ4n) is 9.45. The maximum Gasteiger partial charge on any atom is 0.155 e. The third kappa shape index (κ3) is 1.94. The number of ketones is 1. The van der Waals surface area contributed by atoms with E-state index in [1.165, 1.54) is 44.1 Å². The lowest BCUT2D eigenvalue weighted by atomic mass is 9.45. The molecule has 1 heterocycles. The largest absolute Gasteiger partial charge is 0.374 e. The number of fused-ring (bicyclic) bond motifs is 9. The topological polar surface area (TPSA) is 26.3 Å². The van der Waals surface area contributed by atoms with E-state index < -0.39 is 0 Å². The van der Waals surface area contributed by atoms with Crippen molar-refractivity contribution >= 4 is 5.78 Å². The van der Waals surface area contributed by atoms with Gasteiger partial charge >= 0.3 is 0 Å². The molecule has 6 aliphatic rings. The minimum absolute atomic E-state index is 0.215. The predicted molar refractivity (Wildman–Crippen MR) is 106 cm³/mol. The first kappa shape index (κ1) is 17.0. The summed E-state index contributed by atoms with van der Waals surface area (Å²) in [6.45, 7) is 7.73. The molecule has 146 valence electrons.